The molecular formula is C20H21N5O3. The zero-order chi connectivity index (χ0) is 20.2. The Morgan fingerprint density at radius 2 is 1.61 bits per heavy atom. The van der Waals surface area contributed by atoms with Crippen LogP contribution in [0.4, 0.5) is 5.95 Å². The summed E-state index contributed by atoms with van der Waals surface area (Å²) in [6, 6.07) is 19.1. The number of hydrogen-bond donors (Lipinski definition) is 4. The van der Waals surface area contributed by atoms with Crippen LogP contribution in [-0.2, 0) is 4.79 Å². The van der Waals surface area contributed by atoms with Crippen LogP contribution in [0.1, 0.15) is 11.1 Å². The second-order valence-corrected chi connectivity index (χ2v) is 5.55. The van der Waals surface area contributed by atoms with Crippen molar-refractivity contribution < 1.29 is 15.0 Å². The van der Waals surface area contributed by atoms with Crippen LogP contribution in [0, 0.1) is 0 Å². The Bertz CT molecular complexity index is 874. The lowest BCUT2D eigenvalue weighted by Crippen LogP contribution is -2.33. The van der Waals surface area contributed by atoms with Crippen molar-refractivity contribution in [3.05, 3.63) is 84.4 Å². The second kappa shape index (κ2) is 11.2. The smallest absolute Gasteiger partial charge is 0.322 e. The number of aliphatic hydroxyl groups is 1. The van der Waals surface area contributed by atoms with E-state index in [1.165, 1.54) is 12.7 Å². The Morgan fingerprint density at radius 3 is 2.11 bits per heavy atom. The topological polar surface area (TPSA) is 134 Å². The standard InChI is InChI=1S/C17H14N4.C3H7NO3/c1-3-7-14(8-4-1)11-16(15-9-5-2-6-10-15)21-17-19-12-18-13-20-17;4-2(1-5)3(6)7/h1-13H,(H,18,19,20,21);2,5H,1,4H2,(H,6,7)/t;2-/m.0/s1. The number of nitrogens with zero attached hydrogens (tertiary/aromatic N) is 3. The first kappa shape index (κ1) is 20.7. The summed E-state index contributed by atoms with van der Waals surface area (Å²) in [5, 5.41) is 19.1. The highest BCUT2D eigenvalue weighted by atomic mass is 16.4. The van der Waals surface area contributed by atoms with E-state index < -0.39 is 18.6 Å². The van der Waals surface area contributed by atoms with Gasteiger partial charge >= 0.3 is 5.97 Å². The van der Waals surface area contributed by atoms with Gasteiger partial charge in [0, 0.05) is 5.70 Å². The first-order valence-electron chi connectivity index (χ1n) is 8.40. The number of aliphatic hydroxyl groups excluding tert-OH is 1. The van der Waals surface area contributed by atoms with Crippen molar-refractivity contribution in [1.82, 2.24) is 15.0 Å². The molecule has 0 aliphatic rings. The molecule has 144 valence electrons. The maximum atomic E-state index is 9.65. The number of hydrogen-bond acceptors (Lipinski definition) is 7. The highest BCUT2D eigenvalue weighted by Crippen LogP contribution is 2.18. The molecule has 1 atom stereocenters. The minimum Gasteiger partial charge on any atom is -0.480 e. The first-order valence-corrected chi connectivity index (χ1v) is 8.40. The number of benzene rings is 2. The Kier molecular flexibility index (Phi) is 8.25. The van der Waals surface area contributed by atoms with Crippen LogP contribution >= 0.6 is 0 Å². The predicted molar refractivity (Wildman–Crippen MR) is 107 cm³/mol. The summed E-state index contributed by atoms with van der Waals surface area (Å²) in [5.74, 6) is -0.654. The number of aromatic nitrogens is 3. The Labute approximate surface area is 162 Å². The number of anilines is 1. The Morgan fingerprint density at radius 1 is 1.04 bits per heavy atom. The molecule has 0 saturated carbocycles. The molecule has 3 rings (SSSR count). The molecule has 1 heterocycles. The molecule has 0 saturated heterocycles. The van der Waals surface area contributed by atoms with E-state index in [-0.39, 0.29) is 0 Å². The average molecular weight is 379 g/mol. The number of rotatable bonds is 6. The van der Waals surface area contributed by atoms with E-state index in [4.69, 9.17) is 15.9 Å². The van der Waals surface area contributed by atoms with Crippen LogP contribution in [0.15, 0.2) is 73.3 Å². The van der Waals surface area contributed by atoms with Crippen LogP contribution in [0.3, 0.4) is 0 Å². The molecule has 1 aromatic heterocycles. The Balaban J connectivity index is 0.000000345. The fourth-order valence-electron chi connectivity index (χ4n) is 2.03. The average Bonchev–Trinajstić information content (AvgIpc) is 2.75. The minimum atomic E-state index is -1.18. The summed E-state index contributed by atoms with van der Waals surface area (Å²) >= 11 is 0. The summed E-state index contributed by atoms with van der Waals surface area (Å²) in [4.78, 5) is 21.7. The van der Waals surface area contributed by atoms with E-state index in [1.807, 2.05) is 48.5 Å². The van der Waals surface area contributed by atoms with Crippen LogP contribution in [0.5, 0.6) is 0 Å². The predicted octanol–water partition coefficient (Wildman–Crippen LogP) is 1.87. The molecule has 8 heteroatoms. The van der Waals surface area contributed by atoms with E-state index in [1.54, 1.807) is 0 Å². The molecule has 0 fully saturated rings. The van der Waals surface area contributed by atoms with Crippen molar-refractivity contribution in [2.45, 2.75) is 6.04 Å². The summed E-state index contributed by atoms with van der Waals surface area (Å²) in [7, 11) is 0. The van der Waals surface area contributed by atoms with E-state index in [0.29, 0.717) is 5.95 Å². The SMILES string of the molecule is C(=C(Nc1ncncn1)c1ccccc1)c1ccccc1.N[C@@H](CO)C(=O)O. The molecule has 0 unspecified atom stereocenters. The molecule has 0 amide bonds. The number of carboxylic acids is 1. The zero-order valence-corrected chi connectivity index (χ0v) is 15.0. The number of carboxylic acid groups (broad SMARTS) is 1. The van der Waals surface area contributed by atoms with Gasteiger partial charge in [0.25, 0.3) is 0 Å². The molecular weight excluding hydrogens is 358 g/mol. The molecule has 5 N–H and O–H groups in total. The molecule has 2 aromatic carbocycles. The highest BCUT2D eigenvalue weighted by Gasteiger charge is 2.07. The fraction of sp³-hybridized carbons (Fsp3) is 0.100. The molecule has 0 aliphatic heterocycles. The third kappa shape index (κ3) is 6.94. The minimum absolute atomic E-state index is 0.505. The van der Waals surface area contributed by atoms with Gasteiger partial charge in [-0.25, -0.2) is 15.0 Å². The lowest BCUT2D eigenvalue weighted by molar-refractivity contribution is -0.139. The number of nitrogens with two attached hydrogens (primary N) is 1. The van der Waals surface area contributed by atoms with Gasteiger partial charge in [-0.05, 0) is 17.2 Å². The number of carbonyl (C=O) groups is 1. The molecule has 0 spiro atoms. The third-order valence-electron chi connectivity index (χ3n) is 3.45. The van der Waals surface area contributed by atoms with Gasteiger partial charge in [0.2, 0.25) is 5.95 Å². The van der Waals surface area contributed by atoms with Gasteiger partial charge in [-0.15, -0.1) is 0 Å². The van der Waals surface area contributed by atoms with Crippen LogP contribution < -0.4 is 11.1 Å². The zero-order valence-electron chi connectivity index (χ0n) is 15.0. The summed E-state index contributed by atoms with van der Waals surface area (Å²) in [5.41, 5.74) is 7.88. The van der Waals surface area contributed by atoms with Gasteiger partial charge in [-0.2, -0.15) is 0 Å². The van der Waals surface area contributed by atoms with Crippen LogP contribution in [0.2, 0.25) is 0 Å². The normalized spacial score (nSPS) is 11.7. The van der Waals surface area contributed by atoms with E-state index in [0.717, 1.165) is 16.8 Å². The maximum Gasteiger partial charge on any atom is 0.322 e. The van der Waals surface area contributed by atoms with E-state index >= 15 is 0 Å². The lowest BCUT2D eigenvalue weighted by atomic mass is 10.1. The largest absolute Gasteiger partial charge is 0.480 e. The second-order valence-electron chi connectivity index (χ2n) is 5.55. The number of aliphatic carboxylic acids is 1. The van der Waals surface area contributed by atoms with Crippen LogP contribution in [-0.4, -0.2) is 43.8 Å². The van der Waals surface area contributed by atoms with Gasteiger partial charge < -0.3 is 21.3 Å². The highest BCUT2D eigenvalue weighted by molar-refractivity contribution is 5.87. The molecule has 0 bridgehead atoms. The summed E-state index contributed by atoms with van der Waals surface area (Å²) < 4.78 is 0. The quantitative estimate of drug-likeness (QED) is 0.477. The molecule has 0 radical (unpaired) electrons. The van der Waals surface area contributed by atoms with E-state index in [2.05, 4.69) is 38.5 Å². The van der Waals surface area contributed by atoms with E-state index in [9.17, 15) is 4.79 Å². The lowest BCUT2D eigenvalue weighted by Gasteiger charge is -2.10. The molecule has 0 aliphatic carbocycles. The number of nitrogens with one attached hydrogen (secondary N) is 1. The molecule has 28 heavy (non-hydrogen) atoms. The van der Waals surface area contributed by atoms with Crippen molar-refractivity contribution in [3.8, 4) is 0 Å². The van der Waals surface area contributed by atoms with Gasteiger partial charge in [-0.3, -0.25) is 4.79 Å². The fourth-order valence-corrected chi connectivity index (χ4v) is 2.03. The molecule has 8 nitrogen and oxygen atoms in total. The van der Waals surface area contributed by atoms with Gasteiger partial charge in [0.05, 0.1) is 6.61 Å². The van der Waals surface area contributed by atoms with Gasteiger partial charge in [-0.1, -0.05) is 60.7 Å². The Hall–Kier alpha value is -3.62. The van der Waals surface area contributed by atoms with Crippen molar-refractivity contribution >= 4 is 23.7 Å². The molecule has 3 aromatic rings. The maximum absolute atomic E-state index is 9.65. The van der Waals surface area contributed by atoms with Crippen LogP contribution in [0.25, 0.3) is 11.8 Å². The van der Waals surface area contributed by atoms with Crippen molar-refractivity contribution in [2.24, 2.45) is 5.73 Å². The van der Waals surface area contributed by atoms with Crippen molar-refractivity contribution in [1.29, 1.82) is 0 Å². The van der Waals surface area contributed by atoms with Gasteiger partial charge in [0.1, 0.15) is 18.7 Å². The summed E-state index contributed by atoms with van der Waals surface area (Å²) in [6.07, 6.45) is 5.01. The monoisotopic (exact) mass is 379 g/mol. The third-order valence-corrected chi connectivity index (χ3v) is 3.45. The van der Waals surface area contributed by atoms with Gasteiger partial charge in [0.15, 0.2) is 0 Å². The summed E-state index contributed by atoms with van der Waals surface area (Å²) in [6.45, 7) is -0.505. The first-order chi connectivity index (χ1) is 13.6. The van der Waals surface area contributed by atoms with Crippen molar-refractivity contribution in [3.63, 3.8) is 0 Å². The van der Waals surface area contributed by atoms with Crippen molar-refractivity contribution in [2.75, 3.05) is 11.9 Å².